The number of halogens is 1. The first kappa shape index (κ1) is 23.5. The Labute approximate surface area is 207 Å². The largest absolute Gasteiger partial charge is 0.367 e. The summed E-state index contributed by atoms with van der Waals surface area (Å²) in [7, 11) is 0. The molecule has 0 radical (unpaired) electrons. The number of fused-ring (bicyclic) bond motifs is 1. The molecule has 0 bridgehead atoms. The maximum absolute atomic E-state index is 15.2. The van der Waals surface area contributed by atoms with Crippen LogP contribution < -0.4 is 10.2 Å². The van der Waals surface area contributed by atoms with Gasteiger partial charge in [-0.3, -0.25) is 19.8 Å². The number of hydrogen-bond acceptors (Lipinski definition) is 7. The average Bonchev–Trinajstić information content (AvgIpc) is 3.41. The van der Waals surface area contributed by atoms with Crippen LogP contribution in [0.1, 0.15) is 31.9 Å². The topological polar surface area (TPSA) is 82.8 Å². The highest BCUT2D eigenvalue weighted by Crippen LogP contribution is 2.29. The van der Waals surface area contributed by atoms with E-state index in [1.54, 1.807) is 28.9 Å². The van der Waals surface area contributed by atoms with Crippen molar-refractivity contribution in [1.82, 2.24) is 24.8 Å². The monoisotopic (exact) mass is 494 g/mol. The Morgan fingerprint density at radius 3 is 2.66 bits per heavy atom. The number of anilines is 1. The van der Waals surface area contributed by atoms with E-state index < -0.39 is 11.1 Å². The highest BCUT2D eigenvalue weighted by Gasteiger charge is 2.25. The van der Waals surface area contributed by atoms with Crippen LogP contribution in [0.5, 0.6) is 0 Å². The fraction of sp³-hybridized carbons (Fsp3) is 0.360. The quantitative estimate of drug-likeness (QED) is 0.390. The minimum absolute atomic E-state index is 0.271. The van der Waals surface area contributed by atoms with Crippen LogP contribution >= 0.6 is 11.8 Å². The lowest BCUT2D eigenvalue weighted by atomic mass is 10.1. The smallest absolute Gasteiger partial charge is 0.290 e. The summed E-state index contributed by atoms with van der Waals surface area (Å²) in [6, 6.07) is 8.74. The van der Waals surface area contributed by atoms with Crippen molar-refractivity contribution in [3.63, 3.8) is 0 Å². The zero-order valence-corrected chi connectivity index (χ0v) is 20.4. The second-order valence-electron chi connectivity index (χ2n) is 8.73. The number of aromatic nitrogens is 3. The van der Waals surface area contributed by atoms with Crippen LogP contribution in [0.2, 0.25) is 0 Å². The van der Waals surface area contributed by atoms with E-state index in [2.05, 4.69) is 32.1 Å². The number of rotatable bonds is 7. The lowest BCUT2D eigenvalue weighted by molar-refractivity contribution is -0.115. The van der Waals surface area contributed by atoms with Gasteiger partial charge in [-0.15, -0.1) is 0 Å². The van der Waals surface area contributed by atoms with Gasteiger partial charge >= 0.3 is 0 Å². The summed E-state index contributed by atoms with van der Waals surface area (Å²) in [5.74, 6) is -0.708. The number of nitrogens with one attached hydrogen (secondary N) is 1. The van der Waals surface area contributed by atoms with Crippen molar-refractivity contribution in [2.45, 2.75) is 26.2 Å². The van der Waals surface area contributed by atoms with Gasteiger partial charge in [0, 0.05) is 31.7 Å². The Balaban J connectivity index is 1.34. The van der Waals surface area contributed by atoms with Gasteiger partial charge in [0.05, 0.1) is 28.2 Å². The number of hydrogen-bond donors (Lipinski definition) is 1. The third-order valence-corrected chi connectivity index (χ3v) is 7.15. The zero-order chi connectivity index (χ0) is 24.4. The number of carbonyl (C=O) groups excluding carboxylic acids is 2. The van der Waals surface area contributed by atoms with Gasteiger partial charge in [0.1, 0.15) is 5.82 Å². The van der Waals surface area contributed by atoms with Crippen molar-refractivity contribution in [1.29, 1.82) is 0 Å². The standard InChI is InChI=1S/C25H27FN6O2S/c1-2-3-4-9-30-10-12-31(13-11-30)20-7-5-17(14-19(20)26)21-16-27-23-8-6-18(29-32(21)23)15-22-24(33)28-25(34)35-22/h5-8,14-16H,2-4,9-13H2,1H3,(H,28,33,34). The SMILES string of the molecule is CCCCCN1CCN(c2ccc(-c3cnc4ccc(C=C5SC(=O)NC5=O)nn34)cc2F)CC1. The van der Waals surface area contributed by atoms with Crippen molar-refractivity contribution in [2.24, 2.45) is 0 Å². The molecular weight excluding hydrogens is 467 g/mol. The number of piperazine rings is 1. The van der Waals surface area contributed by atoms with E-state index in [9.17, 15) is 9.59 Å². The normalized spacial score (nSPS) is 18.1. The van der Waals surface area contributed by atoms with Crippen molar-refractivity contribution in [3.8, 4) is 11.3 Å². The first-order valence-corrected chi connectivity index (χ1v) is 12.7. The molecule has 1 aromatic carbocycles. The molecule has 2 amide bonds. The molecule has 0 saturated carbocycles. The lowest BCUT2D eigenvalue weighted by Crippen LogP contribution is -2.46. The predicted octanol–water partition coefficient (Wildman–Crippen LogP) is 4.17. The summed E-state index contributed by atoms with van der Waals surface area (Å²) in [4.78, 5) is 32.5. The van der Waals surface area contributed by atoms with E-state index in [-0.39, 0.29) is 10.7 Å². The van der Waals surface area contributed by atoms with Gasteiger partial charge in [-0.2, -0.15) is 5.10 Å². The van der Waals surface area contributed by atoms with E-state index in [1.165, 1.54) is 25.3 Å². The third kappa shape index (κ3) is 5.08. The summed E-state index contributed by atoms with van der Waals surface area (Å²) in [5, 5.41) is 6.38. The summed E-state index contributed by atoms with van der Waals surface area (Å²) in [6.07, 6.45) is 6.90. The van der Waals surface area contributed by atoms with E-state index in [4.69, 9.17) is 0 Å². The molecule has 10 heteroatoms. The highest BCUT2D eigenvalue weighted by molar-refractivity contribution is 8.18. The lowest BCUT2D eigenvalue weighted by Gasteiger charge is -2.36. The van der Waals surface area contributed by atoms with Crippen LogP contribution in [0.15, 0.2) is 41.4 Å². The van der Waals surface area contributed by atoms with Crippen molar-refractivity contribution >= 4 is 40.3 Å². The zero-order valence-electron chi connectivity index (χ0n) is 19.5. The van der Waals surface area contributed by atoms with Crippen molar-refractivity contribution < 1.29 is 14.0 Å². The van der Waals surface area contributed by atoms with Crippen LogP contribution in [-0.2, 0) is 4.79 Å². The number of unbranched alkanes of at least 4 members (excludes halogenated alkanes) is 2. The predicted molar refractivity (Wildman–Crippen MR) is 136 cm³/mol. The Bertz CT molecular complexity index is 1300. The molecule has 0 spiro atoms. The molecule has 4 heterocycles. The molecule has 0 unspecified atom stereocenters. The molecule has 2 aliphatic heterocycles. The number of benzene rings is 1. The summed E-state index contributed by atoms with van der Waals surface area (Å²) in [5.41, 5.74) is 3.02. The summed E-state index contributed by atoms with van der Waals surface area (Å²) < 4.78 is 16.8. The van der Waals surface area contributed by atoms with E-state index in [0.717, 1.165) is 44.5 Å². The van der Waals surface area contributed by atoms with Crippen molar-refractivity contribution in [3.05, 3.63) is 52.9 Å². The number of amides is 2. The van der Waals surface area contributed by atoms with Gasteiger partial charge in [0.2, 0.25) is 0 Å². The number of imidazole rings is 1. The van der Waals surface area contributed by atoms with Crippen LogP contribution in [0.4, 0.5) is 14.9 Å². The van der Waals surface area contributed by atoms with Crippen LogP contribution in [-0.4, -0.2) is 63.4 Å². The molecular formula is C25H27FN6O2S. The van der Waals surface area contributed by atoms with Gasteiger partial charge in [0.25, 0.3) is 11.1 Å². The number of nitrogens with zero attached hydrogens (tertiary/aromatic N) is 5. The summed E-state index contributed by atoms with van der Waals surface area (Å²) >= 11 is 0.838. The Kier molecular flexibility index (Phi) is 6.83. The van der Waals surface area contributed by atoms with Crippen molar-refractivity contribution in [2.75, 3.05) is 37.6 Å². The second-order valence-corrected chi connectivity index (χ2v) is 9.74. The first-order valence-electron chi connectivity index (χ1n) is 11.9. The van der Waals surface area contributed by atoms with Crippen LogP contribution in [0, 0.1) is 5.82 Å². The molecule has 1 N–H and O–H groups in total. The Morgan fingerprint density at radius 2 is 1.94 bits per heavy atom. The summed E-state index contributed by atoms with van der Waals surface area (Å²) in [6.45, 7) is 6.84. The Morgan fingerprint density at radius 1 is 1.11 bits per heavy atom. The fourth-order valence-corrected chi connectivity index (χ4v) is 5.10. The number of imide groups is 1. The van der Waals surface area contributed by atoms with Gasteiger partial charge < -0.3 is 4.90 Å². The molecule has 3 aromatic rings. The van der Waals surface area contributed by atoms with E-state index >= 15 is 4.39 Å². The van der Waals surface area contributed by atoms with E-state index in [1.807, 2.05) is 12.1 Å². The Hall–Kier alpha value is -3.24. The minimum Gasteiger partial charge on any atom is -0.367 e. The maximum Gasteiger partial charge on any atom is 0.290 e. The maximum atomic E-state index is 15.2. The van der Waals surface area contributed by atoms with Gasteiger partial charge in [-0.25, -0.2) is 13.9 Å². The number of carbonyl (C=O) groups is 2. The van der Waals surface area contributed by atoms with Gasteiger partial charge in [-0.1, -0.05) is 25.8 Å². The van der Waals surface area contributed by atoms with Gasteiger partial charge in [-0.05, 0) is 55.1 Å². The fourth-order valence-electron chi connectivity index (χ4n) is 4.44. The highest BCUT2D eigenvalue weighted by atomic mass is 32.2. The van der Waals surface area contributed by atoms with Crippen LogP contribution in [0.25, 0.3) is 23.0 Å². The molecule has 2 aliphatic rings. The van der Waals surface area contributed by atoms with Crippen LogP contribution in [0.3, 0.4) is 0 Å². The molecule has 35 heavy (non-hydrogen) atoms. The molecule has 5 rings (SSSR count). The molecule has 182 valence electrons. The second kappa shape index (κ2) is 10.2. The molecule has 0 aliphatic carbocycles. The van der Waals surface area contributed by atoms with E-state index in [0.29, 0.717) is 28.3 Å². The molecule has 2 fully saturated rings. The van der Waals surface area contributed by atoms with Gasteiger partial charge in [0.15, 0.2) is 5.65 Å². The molecule has 8 nitrogen and oxygen atoms in total. The minimum atomic E-state index is -0.438. The molecule has 2 saturated heterocycles. The number of thioether (sulfide) groups is 1. The first-order chi connectivity index (χ1) is 17.0. The molecule has 2 aromatic heterocycles. The third-order valence-electron chi connectivity index (χ3n) is 6.34. The average molecular weight is 495 g/mol. The molecule has 0 atom stereocenters.